The number of nitrogens with zero attached hydrogens (tertiary/aromatic N) is 1. The smallest absolute Gasteiger partial charge is 0.337 e. The molecule has 2 amide bonds. The first-order valence-corrected chi connectivity index (χ1v) is 10.2. The van der Waals surface area contributed by atoms with E-state index >= 15 is 0 Å². The molecule has 0 unspecified atom stereocenters. The van der Waals surface area contributed by atoms with Crippen LogP contribution in [-0.2, 0) is 9.59 Å². The molecule has 1 saturated heterocycles. The van der Waals surface area contributed by atoms with Crippen molar-refractivity contribution in [3.05, 3.63) is 82.3 Å². The number of rotatable bonds is 6. The topological polar surface area (TPSA) is 86.7 Å². The number of carbonyl (C=O) groups is 3. The minimum absolute atomic E-state index is 0.0229. The molecule has 0 radical (unpaired) electrons. The fraction of sp³-hybridized carbons (Fsp3) is 0.0909. The highest BCUT2D eigenvalue weighted by atomic mass is 32.2. The number of anilines is 1. The van der Waals surface area contributed by atoms with Gasteiger partial charge in [-0.1, -0.05) is 72.5 Å². The molecule has 2 aromatic rings. The summed E-state index contributed by atoms with van der Waals surface area (Å²) in [6.45, 7) is 1.49. The van der Waals surface area contributed by atoms with Crippen LogP contribution in [0.15, 0.2) is 65.6 Å². The van der Waals surface area contributed by atoms with Crippen LogP contribution in [0.4, 0.5) is 5.69 Å². The highest BCUT2D eigenvalue weighted by Gasteiger charge is 2.33. The number of nitrogens with one attached hydrogen (secondary N) is 1. The van der Waals surface area contributed by atoms with Crippen molar-refractivity contribution >= 4 is 57.8 Å². The number of aromatic carboxylic acids is 1. The van der Waals surface area contributed by atoms with E-state index < -0.39 is 11.9 Å². The lowest BCUT2D eigenvalue weighted by atomic mass is 10.1. The maximum atomic E-state index is 12.6. The summed E-state index contributed by atoms with van der Waals surface area (Å²) in [7, 11) is 0. The quantitative estimate of drug-likeness (QED) is 0.522. The van der Waals surface area contributed by atoms with Gasteiger partial charge in [-0.25, -0.2) is 4.79 Å². The Kier molecular flexibility index (Phi) is 6.81. The Labute approximate surface area is 183 Å². The normalized spacial score (nSPS) is 15.2. The third-order valence-corrected chi connectivity index (χ3v) is 5.59. The first kappa shape index (κ1) is 21.5. The lowest BCUT2D eigenvalue weighted by molar-refractivity contribution is -0.126. The summed E-state index contributed by atoms with van der Waals surface area (Å²) >= 11 is 6.36. The number of thioether (sulfide) groups is 1. The number of hydrogen-bond acceptors (Lipinski definition) is 5. The molecule has 1 aliphatic rings. The van der Waals surface area contributed by atoms with Gasteiger partial charge in [0.25, 0.3) is 5.91 Å². The molecule has 3 rings (SSSR count). The Balaban J connectivity index is 1.68. The molecular formula is C22H18N2O4S2. The van der Waals surface area contributed by atoms with Crippen molar-refractivity contribution in [1.82, 2.24) is 4.90 Å². The monoisotopic (exact) mass is 438 g/mol. The van der Waals surface area contributed by atoms with Gasteiger partial charge in [-0.2, -0.15) is 0 Å². The third-order valence-electron chi connectivity index (χ3n) is 4.19. The molecule has 1 aliphatic heterocycles. The summed E-state index contributed by atoms with van der Waals surface area (Å²) in [5.41, 5.74) is 1.95. The highest BCUT2D eigenvalue weighted by Crippen LogP contribution is 2.31. The Morgan fingerprint density at radius 3 is 2.63 bits per heavy atom. The zero-order chi connectivity index (χ0) is 21.7. The molecule has 152 valence electrons. The van der Waals surface area contributed by atoms with Gasteiger partial charge >= 0.3 is 5.97 Å². The van der Waals surface area contributed by atoms with Gasteiger partial charge in [0.2, 0.25) is 5.91 Å². The van der Waals surface area contributed by atoms with E-state index in [0.717, 1.165) is 22.9 Å². The summed E-state index contributed by atoms with van der Waals surface area (Å²) in [5, 5.41) is 11.8. The van der Waals surface area contributed by atoms with Gasteiger partial charge in [0, 0.05) is 0 Å². The molecule has 0 aliphatic carbocycles. The van der Waals surface area contributed by atoms with Crippen LogP contribution in [0.5, 0.6) is 0 Å². The maximum absolute atomic E-state index is 12.6. The van der Waals surface area contributed by atoms with Crippen molar-refractivity contribution in [1.29, 1.82) is 0 Å². The molecule has 2 N–H and O–H groups in total. The van der Waals surface area contributed by atoms with E-state index in [9.17, 15) is 19.5 Å². The highest BCUT2D eigenvalue weighted by molar-refractivity contribution is 8.26. The van der Waals surface area contributed by atoms with Crippen LogP contribution in [0, 0.1) is 6.92 Å². The number of thiocarbonyl (C=S) groups is 1. The van der Waals surface area contributed by atoms with Crippen molar-refractivity contribution < 1.29 is 19.5 Å². The van der Waals surface area contributed by atoms with Crippen LogP contribution in [0.1, 0.15) is 21.5 Å². The Morgan fingerprint density at radius 1 is 1.20 bits per heavy atom. The van der Waals surface area contributed by atoms with Crippen LogP contribution in [0.25, 0.3) is 6.08 Å². The van der Waals surface area contributed by atoms with E-state index in [1.165, 1.54) is 11.0 Å². The maximum Gasteiger partial charge on any atom is 0.337 e. The van der Waals surface area contributed by atoms with E-state index in [2.05, 4.69) is 5.32 Å². The molecule has 1 fully saturated rings. The molecular weight excluding hydrogens is 420 g/mol. The number of benzene rings is 2. The van der Waals surface area contributed by atoms with Gasteiger partial charge in [-0.05, 0) is 36.3 Å². The van der Waals surface area contributed by atoms with Crippen LogP contribution in [-0.4, -0.2) is 38.7 Å². The zero-order valence-corrected chi connectivity index (χ0v) is 17.6. The first-order chi connectivity index (χ1) is 14.3. The molecule has 2 aromatic carbocycles. The minimum Gasteiger partial charge on any atom is -0.478 e. The minimum atomic E-state index is -1.15. The molecule has 1 heterocycles. The van der Waals surface area contributed by atoms with Crippen molar-refractivity contribution in [3.63, 3.8) is 0 Å². The number of allylic oxidation sites excluding steroid dienone is 2. The molecule has 0 aromatic heterocycles. The standard InChI is InChI=1S/C22H18N2O4S2/c1-14-10-11-16(21(27)28)17(12-14)23-19(25)13-24-20(26)18(30-22(24)29)9-5-8-15-6-3-2-4-7-15/h2-12H,13H2,1H3,(H,23,25)(H,27,28)/b8-5+,18-9-. The second-order valence-corrected chi connectivity index (χ2v) is 8.14. The molecule has 0 bridgehead atoms. The van der Waals surface area contributed by atoms with E-state index in [4.69, 9.17) is 12.2 Å². The summed E-state index contributed by atoms with van der Waals surface area (Å²) in [6, 6.07) is 14.3. The fourth-order valence-corrected chi connectivity index (χ4v) is 3.95. The van der Waals surface area contributed by atoms with Gasteiger partial charge in [-0.3, -0.25) is 14.5 Å². The van der Waals surface area contributed by atoms with Crippen LogP contribution in [0.2, 0.25) is 0 Å². The van der Waals surface area contributed by atoms with E-state index in [0.29, 0.717) is 4.91 Å². The van der Waals surface area contributed by atoms with Crippen LogP contribution < -0.4 is 5.32 Å². The molecule has 0 atom stereocenters. The number of amides is 2. The molecule has 0 spiro atoms. The number of aryl methyl sites for hydroxylation is 1. The first-order valence-electron chi connectivity index (χ1n) is 8.96. The number of carbonyl (C=O) groups excluding carboxylic acids is 2. The van der Waals surface area contributed by atoms with Gasteiger partial charge in [-0.15, -0.1) is 0 Å². The second kappa shape index (κ2) is 9.51. The number of carboxylic acid groups (broad SMARTS) is 1. The van der Waals surface area contributed by atoms with Gasteiger partial charge in [0.1, 0.15) is 10.9 Å². The Bertz CT molecular complexity index is 1080. The zero-order valence-electron chi connectivity index (χ0n) is 16.0. The van der Waals surface area contributed by atoms with E-state index in [-0.39, 0.29) is 28.0 Å². The molecule has 6 nitrogen and oxygen atoms in total. The van der Waals surface area contributed by atoms with Crippen molar-refractivity contribution in [2.45, 2.75) is 6.92 Å². The van der Waals surface area contributed by atoms with Gasteiger partial charge in [0.05, 0.1) is 16.2 Å². The van der Waals surface area contributed by atoms with Crippen LogP contribution in [0.3, 0.4) is 0 Å². The molecule has 0 saturated carbocycles. The Morgan fingerprint density at radius 2 is 1.93 bits per heavy atom. The Hall–Kier alpha value is -3.23. The lowest BCUT2D eigenvalue weighted by Crippen LogP contribution is -2.36. The third kappa shape index (κ3) is 5.22. The molecule has 8 heteroatoms. The SMILES string of the molecule is Cc1ccc(C(=O)O)c(NC(=O)CN2C(=O)/C(=C/C=C/c3ccccc3)SC2=S)c1. The van der Waals surface area contributed by atoms with E-state index in [1.54, 1.807) is 31.2 Å². The summed E-state index contributed by atoms with van der Waals surface area (Å²) in [5.74, 6) is -2.04. The average Bonchev–Trinajstić information content (AvgIpc) is 2.96. The average molecular weight is 439 g/mol. The van der Waals surface area contributed by atoms with Crippen LogP contribution >= 0.6 is 24.0 Å². The van der Waals surface area contributed by atoms with Crippen molar-refractivity contribution in [2.24, 2.45) is 0 Å². The van der Waals surface area contributed by atoms with Crippen molar-refractivity contribution in [2.75, 3.05) is 11.9 Å². The summed E-state index contributed by atoms with van der Waals surface area (Å²) in [4.78, 5) is 38.0. The van der Waals surface area contributed by atoms with Crippen molar-refractivity contribution in [3.8, 4) is 0 Å². The largest absolute Gasteiger partial charge is 0.478 e. The fourth-order valence-electron chi connectivity index (χ4n) is 2.74. The van der Waals surface area contributed by atoms with E-state index in [1.807, 2.05) is 36.4 Å². The second-order valence-electron chi connectivity index (χ2n) is 6.46. The number of hydrogen-bond donors (Lipinski definition) is 2. The lowest BCUT2D eigenvalue weighted by Gasteiger charge is -2.15. The predicted molar refractivity (Wildman–Crippen MR) is 122 cm³/mol. The summed E-state index contributed by atoms with van der Waals surface area (Å²) < 4.78 is 0.275. The number of carboxylic acids is 1. The van der Waals surface area contributed by atoms with Gasteiger partial charge < -0.3 is 10.4 Å². The molecule has 30 heavy (non-hydrogen) atoms. The van der Waals surface area contributed by atoms with Gasteiger partial charge in [0.15, 0.2) is 0 Å². The summed E-state index contributed by atoms with van der Waals surface area (Å²) in [6.07, 6.45) is 5.28. The predicted octanol–water partition coefficient (Wildman–Crippen LogP) is 4.09.